The van der Waals surface area contributed by atoms with Gasteiger partial charge in [-0.1, -0.05) is 13.3 Å². The lowest BCUT2D eigenvalue weighted by molar-refractivity contribution is 0.202. The van der Waals surface area contributed by atoms with E-state index < -0.39 is 0 Å². The molecule has 1 aliphatic heterocycles. The third kappa shape index (κ3) is 3.61. The Morgan fingerprint density at radius 3 is 2.89 bits per heavy atom. The fraction of sp³-hybridized carbons (Fsp3) is 0.750. The maximum atomic E-state index is 5.69. The summed E-state index contributed by atoms with van der Waals surface area (Å²) >= 11 is 0. The van der Waals surface area contributed by atoms with E-state index in [9.17, 15) is 0 Å². The Morgan fingerprint density at radius 2 is 2.26 bits per heavy atom. The van der Waals surface area contributed by atoms with Crippen LogP contribution in [0.1, 0.15) is 56.2 Å². The molecule has 0 aliphatic carbocycles. The van der Waals surface area contributed by atoms with Crippen molar-refractivity contribution in [2.45, 2.75) is 59.0 Å². The van der Waals surface area contributed by atoms with Crippen LogP contribution in [0.15, 0.2) is 10.5 Å². The van der Waals surface area contributed by atoms with Gasteiger partial charge < -0.3 is 9.73 Å². The smallest absolute Gasteiger partial charge is 0.105 e. The molecule has 3 nitrogen and oxygen atoms in total. The SMILES string of the molecule is CCCC1CN(C(C)c2cc(C)oc2C)CCCN1. The molecule has 0 saturated carbocycles. The molecule has 2 atom stereocenters. The van der Waals surface area contributed by atoms with Gasteiger partial charge in [-0.05, 0) is 46.2 Å². The van der Waals surface area contributed by atoms with Crippen molar-refractivity contribution >= 4 is 0 Å². The molecule has 0 aromatic carbocycles. The zero-order valence-corrected chi connectivity index (χ0v) is 12.8. The van der Waals surface area contributed by atoms with Gasteiger partial charge in [0, 0.05) is 30.7 Å². The number of furan rings is 1. The first-order valence-electron chi connectivity index (χ1n) is 7.66. The van der Waals surface area contributed by atoms with Crippen molar-refractivity contribution < 1.29 is 4.42 Å². The number of nitrogens with one attached hydrogen (secondary N) is 1. The molecule has 1 aliphatic rings. The van der Waals surface area contributed by atoms with Gasteiger partial charge in [-0.2, -0.15) is 0 Å². The van der Waals surface area contributed by atoms with Gasteiger partial charge in [-0.15, -0.1) is 0 Å². The highest BCUT2D eigenvalue weighted by Crippen LogP contribution is 2.27. The number of hydrogen-bond acceptors (Lipinski definition) is 3. The Balaban J connectivity index is 2.08. The molecule has 2 rings (SSSR count). The fourth-order valence-corrected chi connectivity index (χ4v) is 3.18. The molecular weight excluding hydrogens is 236 g/mol. The average molecular weight is 264 g/mol. The Hall–Kier alpha value is -0.800. The van der Waals surface area contributed by atoms with Crippen LogP contribution in [-0.2, 0) is 0 Å². The van der Waals surface area contributed by atoms with E-state index in [1.54, 1.807) is 0 Å². The molecule has 2 unspecified atom stereocenters. The van der Waals surface area contributed by atoms with Crippen molar-refractivity contribution in [2.24, 2.45) is 0 Å². The molecule has 2 heterocycles. The number of aryl methyl sites for hydroxylation is 2. The molecule has 1 saturated heterocycles. The molecule has 1 N–H and O–H groups in total. The summed E-state index contributed by atoms with van der Waals surface area (Å²) in [7, 11) is 0. The third-order valence-electron chi connectivity index (χ3n) is 4.22. The van der Waals surface area contributed by atoms with Gasteiger partial charge in [0.25, 0.3) is 0 Å². The van der Waals surface area contributed by atoms with Crippen LogP contribution in [0.3, 0.4) is 0 Å². The van der Waals surface area contributed by atoms with Gasteiger partial charge in [0.15, 0.2) is 0 Å². The summed E-state index contributed by atoms with van der Waals surface area (Å²) in [5.74, 6) is 2.10. The molecule has 1 aromatic rings. The molecule has 0 bridgehead atoms. The first kappa shape index (κ1) is 14.6. The summed E-state index contributed by atoms with van der Waals surface area (Å²) < 4.78 is 5.69. The first-order valence-corrected chi connectivity index (χ1v) is 7.66. The third-order valence-corrected chi connectivity index (χ3v) is 4.22. The molecule has 1 fully saturated rings. The highest BCUT2D eigenvalue weighted by Gasteiger charge is 2.24. The minimum atomic E-state index is 0.455. The highest BCUT2D eigenvalue weighted by atomic mass is 16.3. The number of hydrogen-bond donors (Lipinski definition) is 1. The van der Waals surface area contributed by atoms with Crippen LogP contribution in [0.5, 0.6) is 0 Å². The summed E-state index contributed by atoms with van der Waals surface area (Å²) in [6.45, 7) is 12.2. The topological polar surface area (TPSA) is 28.4 Å². The molecule has 1 aromatic heterocycles. The first-order chi connectivity index (χ1) is 9.11. The van der Waals surface area contributed by atoms with Crippen LogP contribution < -0.4 is 5.32 Å². The minimum Gasteiger partial charge on any atom is -0.466 e. The average Bonchev–Trinajstić information content (AvgIpc) is 2.59. The number of nitrogens with zero attached hydrogens (tertiary/aromatic N) is 1. The minimum absolute atomic E-state index is 0.455. The van der Waals surface area contributed by atoms with Crippen molar-refractivity contribution in [1.29, 1.82) is 0 Å². The van der Waals surface area contributed by atoms with E-state index in [1.165, 1.54) is 31.4 Å². The lowest BCUT2D eigenvalue weighted by atomic mass is 10.1. The van der Waals surface area contributed by atoms with Gasteiger partial charge in [-0.25, -0.2) is 0 Å². The zero-order valence-electron chi connectivity index (χ0n) is 12.8. The lowest BCUT2D eigenvalue weighted by Crippen LogP contribution is -2.38. The maximum absolute atomic E-state index is 5.69. The van der Waals surface area contributed by atoms with Crippen LogP contribution in [0.4, 0.5) is 0 Å². The summed E-state index contributed by atoms with van der Waals surface area (Å²) in [5.41, 5.74) is 1.36. The second-order valence-electron chi connectivity index (χ2n) is 5.83. The predicted molar refractivity (Wildman–Crippen MR) is 79.5 cm³/mol. The van der Waals surface area contributed by atoms with Crippen LogP contribution >= 0.6 is 0 Å². The molecular formula is C16H28N2O. The van der Waals surface area contributed by atoms with Crippen molar-refractivity contribution in [3.63, 3.8) is 0 Å². The maximum Gasteiger partial charge on any atom is 0.105 e. The molecule has 108 valence electrons. The fourth-order valence-electron chi connectivity index (χ4n) is 3.18. The largest absolute Gasteiger partial charge is 0.466 e. The molecule has 19 heavy (non-hydrogen) atoms. The lowest BCUT2D eigenvalue weighted by Gasteiger charge is -2.30. The van der Waals surface area contributed by atoms with Crippen molar-refractivity contribution in [3.8, 4) is 0 Å². The monoisotopic (exact) mass is 264 g/mol. The molecule has 3 heteroatoms. The van der Waals surface area contributed by atoms with E-state index in [4.69, 9.17) is 4.42 Å². The van der Waals surface area contributed by atoms with Crippen molar-refractivity contribution in [3.05, 3.63) is 23.2 Å². The van der Waals surface area contributed by atoms with Crippen molar-refractivity contribution in [1.82, 2.24) is 10.2 Å². The van der Waals surface area contributed by atoms with Crippen LogP contribution in [0.2, 0.25) is 0 Å². The molecule has 0 amide bonds. The summed E-state index contributed by atoms with van der Waals surface area (Å²) in [6, 6.07) is 3.30. The Kier molecular flexibility index (Phi) is 5.06. The Morgan fingerprint density at radius 1 is 1.47 bits per heavy atom. The highest BCUT2D eigenvalue weighted by molar-refractivity contribution is 5.23. The Labute approximate surface area is 117 Å². The van der Waals surface area contributed by atoms with E-state index in [0.717, 1.165) is 24.6 Å². The van der Waals surface area contributed by atoms with Crippen LogP contribution in [-0.4, -0.2) is 30.6 Å². The Bertz CT molecular complexity index is 399. The molecule has 0 spiro atoms. The van der Waals surface area contributed by atoms with E-state index in [2.05, 4.69) is 37.1 Å². The van der Waals surface area contributed by atoms with Gasteiger partial charge in [0.05, 0.1) is 0 Å². The van der Waals surface area contributed by atoms with Gasteiger partial charge in [-0.3, -0.25) is 4.90 Å². The second kappa shape index (κ2) is 6.58. The predicted octanol–water partition coefficient (Wildman–Crippen LogP) is 3.42. The van der Waals surface area contributed by atoms with Gasteiger partial charge >= 0.3 is 0 Å². The van der Waals surface area contributed by atoms with Crippen molar-refractivity contribution in [2.75, 3.05) is 19.6 Å². The van der Waals surface area contributed by atoms with Crippen LogP contribution in [0.25, 0.3) is 0 Å². The van der Waals surface area contributed by atoms with E-state index in [-0.39, 0.29) is 0 Å². The van der Waals surface area contributed by atoms with Gasteiger partial charge in [0.2, 0.25) is 0 Å². The quantitative estimate of drug-likeness (QED) is 0.903. The summed E-state index contributed by atoms with van der Waals surface area (Å²) in [6.07, 6.45) is 3.76. The van der Waals surface area contributed by atoms with Gasteiger partial charge in [0.1, 0.15) is 11.5 Å². The van der Waals surface area contributed by atoms with E-state index in [0.29, 0.717) is 12.1 Å². The summed E-state index contributed by atoms with van der Waals surface area (Å²) in [4.78, 5) is 2.61. The normalized spacial score (nSPS) is 23.3. The van der Waals surface area contributed by atoms with E-state index in [1.807, 2.05) is 6.92 Å². The standard InChI is InChI=1S/C16H28N2O/c1-5-7-15-11-18(9-6-8-17-15)13(3)16-10-12(2)19-14(16)4/h10,13,15,17H,5-9,11H2,1-4H3. The summed E-state index contributed by atoms with van der Waals surface area (Å²) in [5, 5.41) is 3.67. The van der Waals surface area contributed by atoms with Crippen LogP contribution in [0, 0.1) is 13.8 Å². The number of rotatable bonds is 4. The second-order valence-corrected chi connectivity index (χ2v) is 5.83. The molecule has 0 radical (unpaired) electrons. The zero-order chi connectivity index (χ0) is 13.8. The van der Waals surface area contributed by atoms with E-state index >= 15 is 0 Å².